The van der Waals surface area contributed by atoms with E-state index in [0.29, 0.717) is 29.0 Å². The van der Waals surface area contributed by atoms with Crippen LogP contribution in [0.4, 0.5) is 0 Å². The van der Waals surface area contributed by atoms with Gasteiger partial charge in [-0.15, -0.1) is 0 Å². The lowest BCUT2D eigenvalue weighted by molar-refractivity contribution is -0.142. The lowest BCUT2D eigenvalue weighted by Gasteiger charge is -2.13. The first-order valence-corrected chi connectivity index (χ1v) is 5.72. The Kier molecular flexibility index (Phi) is 5.61. The van der Waals surface area contributed by atoms with Gasteiger partial charge in [-0.2, -0.15) is 0 Å². The first kappa shape index (κ1) is 14.5. The van der Waals surface area contributed by atoms with E-state index in [1.54, 1.807) is 19.1 Å². The number of ether oxygens (including phenoxy) is 2. The van der Waals surface area contributed by atoms with Gasteiger partial charge < -0.3 is 19.7 Å². The molecule has 0 spiro atoms. The highest BCUT2D eigenvalue weighted by Crippen LogP contribution is 2.25. The molecular formula is C13H18O5. The van der Waals surface area contributed by atoms with Crippen LogP contribution < -0.4 is 4.74 Å². The average molecular weight is 254 g/mol. The van der Waals surface area contributed by atoms with Crippen LogP contribution in [0.3, 0.4) is 0 Å². The fourth-order valence-electron chi connectivity index (χ4n) is 1.75. The molecule has 5 nitrogen and oxygen atoms in total. The lowest BCUT2D eigenvalue weighted by Crippen LogP contribution is -2.09. The Morgan fingerprint density at radius 3 is 2.50 bits per heavy atom. The molecule has 18 heavy (non-hydrogen) atoms. The summed E-state index contributed by atoms with van der Waals surface area (Å²) in [6.07, 6.45) is 0.114. The predicted octanol–water partition coefficient (Wildman–Crippen LogP) is 0.785. The van der Waals surface area contributed by atoms with Gasteiger partial charge in [-0.25, -0.2) is 0 Å². The van der Waals surface area contributed by atoms with Gasteiger partial charge in [0.25, 0.3) is 0 Å². The van der Waals surface area contributed by atoms with Crippen LogP contribution >= 0.6 is 0 Å². The second-order valence-electron chi connectivity index (χ2n) is 3.73. The quantitative estimate of drug-likeness (QED) is 0.734. The number of benzene rings is 1. The molecule has 0 fully saturated rings. The maximum Gasteiger partial charge on any atom is 0.310 e. The number of aliphatic hydroxyl groups is 2. The maximum absolute atomic E-state index is 11.4. The van der Waals surface area contributed by atoms with Crippen molar-refractivity contribution in [2.45, 2.75) is 26.6 Å². The van der Waals surface area contributed by atoms with Crippen molar-refractivity contribution in [1.82, 2.24) is 0 Å². The predicted molar refractivity (Wildman–Crippen MR) is 65.2 cm³/mol. The van der Waals surface area contributed by atoms with Crippen LogP contribution in [0.5, 0.6) is 5.75 Å². The summed E-state index contributed by atoms with van der Waals surface area (Å²) in [6, 6.07) is 3.34. The maximum atomic E-state index is 11.4. The third-order valence-corrected chi connectivity index (χ3v) is 2.56. The van der Waals surface area contributed by atoms with E-state index >= 15 is 0 Å². The van der Waals surface area contributed by atoms with E-state index in [1.807, 2.05) is 0 Å². The molecule has 0 aliphatic heterocycles. The Labute approximate surface area is 106 Å². The van der Waals surface area contributed by atoms with Crippen molar-refractivity contribution >= 4 is 5.97 Å². The summed E-state index contributed by atoms with van der Waals surface area (Å²) in [5.74, 6) is 0.128. The Bertz CT molecular complexity index is 389. The third-order valence-electron chi connectivity index (χ3n) is 2.56. The van der Waals surface area contributed by atoms with E-state index < -0.39 is 0 Å². The van der Waals surface area contributed by atoms with E-state index in [0.717, 1.165) is 0 Å². The molecule has 0 radical (unpaired) electrons. The Balaban J connectivity index is 3.03. The van der Waals surface area contributed by atoms with Gasteiger partial charge in [0, 0.05) is 5.56 Å². The highest BCUT2D eigenvalue weighted by Gasteiger charge is 2.12. The van der Waals surface area contributed by atoms with E-state index in [2.05, 4.69) is 0 Å². The molecule has 0 aromatic heterocycles. The Hall–Kier alpha value is -1.59. The van der Waals surface area contributed by atoms with Gasteiger partial charge >= 0.3 is 5.97 Å². The van der Waals surface area contributed by atoms with Gasteiger partial charge in [0.05, 0.1) is 33.4 Å². The number of rotatable bonds is 6. The van der Waals surface area contributed by atoms with Crippen LogP contribution in [0.1, 0.15) is 23.6 Å². The number of carbonyl (C=O) groups is 1. The van der Waals surface area contributed by atoms with Crippen molar-refractivity contribution in [3.05, 3.63) is 28.8 Å². The van der Waals surface area contributed by atoms with Crippen LogP contribution in [-0.2, 0) is 29.2 Å². The van der Waals surface area contributed by atoms with E-state index in [-0.39, 0.29) is 25.6 Å². The molecule has 1 rings (SSSR count). The summed E-state index contributed by atoms with van der Waals surface area (Å²) in [4.78, 5) is 11.4. The summed E-state index contributed by atoms with van der Waals surface area (Å²) in [5, 5.41) is 18.5. The van der Waals surface area contributed by atoms with Crippen molar-refractivity contribution in [1.29, 1.82) is 0 Å². The Morgan fingerprint density at radius 2 is 2.00 bits per heavy atom. The van der Waals surface area contributed by atoms with Crippen LogP contribution in [0.25, 0.3) is 0 Å². The van der Waals surface area contributed by atoms with Crippen molar-refractivity contribution in [2.24, 2.45) is 0 Å². The molecule has 0 saturated carbocycles. The van der Waals surface area contributed by atoms with Crippen molar-refractivity contribution in [2.75, 3.05) is 13.7 Å². The number of hydrogen-bond donors (Lipinski definition) is 2. The molecule has 0 atom stereocenters. The van der Waals surface area contributed by atoms with Crippen molar-refractivity contribution in [3.63, 3.8) is 0 Å². The number of esters is 1. The smallest absolute Gasteiger partial charge is 0.310 e. The summed E-state index contributed by atoms with van der Waals surface area (Å²) in [5.41, 5.74) is 1.77. The minimum Gasteiger partial charge on any atom is -0.496 e. The van der Waals surface area contributed by atoms with Crippen molar-refractivity contribution < 1.29 is 24.5 Å². The van der Waals surface area contributed by atoms with E-state index in [9.17, 15) is 15.0 Å². The molecule has 2 N–H and O–H groups in total. The highest BCUT2D eigenvalue weighted by atomic mass is 16.5. The van der Waals surface area contributed by atoms with Crippen LogP contribution in [0, 0.1) is 0 Å². The standard InChI is InChI=1S/C13H18O5/c1-3-18-13(16)6-9-4-10(7-14)11(8-15)12(5-9)17-2/h4-5,14-15H,3,6-8H2,1-2H3. The molecule has 0 amide bonds. The van der Waals surface area contributed by atoms with E-state index in [4.69, 9.17) is 9.47 Å². The summed E-state index contributed by atoms with van der Waals surface area (Å²) in [6.45, 7) is 1.63. The molecule has 0 aliphatic carbocycles. The first-order chi connectivity index (χ1) is 8.65. The van der Waals surface area contributed by atoms with Crippen LogP contribution in [0.2, 0.25) is 0 Å². The fraction of sp³-hybridized carbons (Fsp3) is 0.462. The number of aliphatic hydroxyl groups excluding tert-OH is 2. The third kappa shape index (κ3) is 3.45. The zero-order valence-electron chi connectivity index (χ0n) is 10.6. The van der Waals surface area contributed by atoms with Gasteiger partial charge in [-0.1, -0.05) is 6.07 Å². The Morgan fingerprint density at radius 1 is 1.28 bits per heavy atom. The summed E-state index contributed by atoms with van der Waals surface area (Å²) in [7, 11) is 1.48. The molecular weight excluding hydrogens is 236 g/mol. The normalized spacial score (nSPS) is 10.2. The second kappa shape index (κ2) is 6.98. The molecule has 1 aromatic rings. The minimum atomic E-state index is -0.333. The zero-order chi connectivity index (χ0) is 13.5. The van der Waals surface area contributed by atoms with Crippen LogP contribution in [0.15, 0.2) is 12.1 Å². The molecule has 0 bridgehead atoms. The minimum absolute atomic E-state index is 0.114. The number of methoxy groups -OCH3 is 1. The van der Waals surface area contributed by atoms with Crippen molar-refractivity contribution in [3.8, 4) is 5.75 Å². The monoisotopic (exact) mass is 254 g/mol. The first-order valence-electron chi connectivity index (χ1n) is 5.72. The molecule has 100 valence electrons. The van der Waals surface area contributed by atoms with E-state index in [1.165, 1.54) is 7.11 Å². The number of hydrogen-bond acceptors (Lipinski definition) is 5. The van der Waals surface area contributed by atoms with Gasteiger partial charge in [-0.3, -0.25) is 4.79 Å². The van der Waals surface area contributed by atoms with Gasteiger partial charge in [0.1, 0.15) is 5.75 Å². The second-order valence-corrected chi connectivity index (χ2v) is 3.73. The largest absolute Gasteiger partial charge is 0.496 e. The average Bonchev–Trinajstić information content (AvgIpc) is 2.37. The molecule has 0 heterocycles. The van der Waals surface area contributed by atoms with Gasteiger partial charge in [-0.05, 0) is 24.1 Å². The number of carbonyl (C=O) groups excluding carboxylic acids is 1. The SMILES string of the molecule is CCOC(=O)Cc1cc(CO)c(CO)c(OC)c1. The van der Waals surface area contributed by atoms with Crippen LogP contribution in [-0.4, -0.2) is 29.9 Å². The summed E-state index contributed by atoms with van der Waals surface area (Å²) < 4.78 is 10.00. The molecule has 0 saturated heterocycles. The fourth-order valence-corrected chi connectivity index (χ4v) is 1.75. The molecule has 1 aromatic carbocycles. The zero-order valence-corrected chi connectivity index (χ0v) is 10.6. The molecule has 0 unspecified atom stereocenters. The van der Waals surface area contributed by atoms with Gasteiger partial charge in [0.2, 0.25) is 0 Å². The lowest BCUT2D eigenvalue weighted by atomic mass is 10.0. The topological polar surface area (TPSA) is 76.0 Å². The summed E-state index contributed by atoms with van der Waals surface area (Å²) >= 11 is 0. The molecule has 0 aliphatic rings. The molecule has 5 heteroatoms. The van der Waals surface area contributed by atoms with Gasteiger partial charge in [0.15, 0.2) is 0 Å². The highest BCUT2D eigenvalue weighted by molar-refractivity contribution is 5.73.